The molecule has 2 aromatic rings. The third kappa shape index (κ3) is 2.29. The number of rotatable bonds is 4. The summed E-state index contributed by atoms with van der Waals surface area (Å²) in [5.74, 6) is 0.429. The van der Waals surface area contributed by atoms with Crippen molar-refractivity contribution >= 4 is 17.0 Å². The second-order valence-corrected chi connectivity index (χ2v) is 3.62. The molecule has 5 heteroatoms. The molecule has 1 heterocycles. The van der Waals surface area contributed by atoms with Crippen LogP contribution in [0, 0.1) is 0 Å². The summed E-state index contributed by atoms with van der Waals surface area (Å²) in [6.07, 6.45) is 0.686. The van der Waals surface area contributed by atoms with E-state index in [1.807, 2.05) is 6.07 Å². The van der Waals surface area contributed by atoms with Crippen molar-refractivity contribution in [3.63, 3.8) is 0 Å². The standard InChI is InChI=1S/C12H14N2O3/c1-16-7-6-10-13-9-5-3-4-8(11(9)14-10)12(15)17-2/h3-5H,6-7H2,1-2H3,(H,13,14). The van der Waals surface area contributed by atoms with Crippen LogP contribution in [0.1, 0.15) is 16.2 Å². The average molecular weight is 234 g/mol. The second kappa shape index (κ2) is 4.97. The van der Waals surface area contributed by atoms with Crippen LogP contribution in [0.25, 0.3) is 11.0 Å². The van der Waals surface area contributed by atoms with Crippen LogP contribution in [0.15, 0.2) is 18.2 Å². The molecule has 0 saturated heterocycles. The number of benzene rings is 1. The minimum absolute atomic E-state index is 0.375. The minimum Gasteiger partial charge on any atom is -0.465 e. The van der Waals surface area contributed by atoms with Gasteiger partial charge in [-0.3, -0.25) is 0 Å². The molecule has 0 aliphatic carbocycles. The summed E-state index contributed by atoms with van der Waals surface area (Å²) in [4.78, 5) is 19.1. The lowest BCUT2D eigenvalue weighted by atomic mass is 10.2. The number of hydrogen-bond acceptors (Lipinski definition) is 4. The summed E-state index contributed by atoms with van der Waals surface area (Å²) in [6, 6.07) is 5.38. The zero-order valence-corrected chi connectivity index (χ0v) is 9.82. The van der Waals surface area contributed by atoms with E-state index in [-0.39, 0.29) is 5.97 Å². The number of imidazole rings is 1. The molecule has 1 N–H and O–H groups in total. The summed E-state index contributed by atoms with van der Waals surface area (Å²) < 4.78 is 9.71. The van der Waals surface area contributed by atoms with Gasteiger partial charge >= 0.3 is 5.97 Å². The van der Waals surface area contributed by atoms with Gasteiger partial charge in [-0.1, -0.05) is 6.07 Å². The summed E-state index contributed by atoms with van der Waals surface area (Å²) in [5.41, 5.74) is 1.95. The van der Waals surface area contributed by atoms with Crippen LogP contribution in [0.2, 0.25) is 0 Å². The van der Waals surface area contributed by atoms with E-state index in [4.69, 9.17) is 9.47 Å². The molecule has 0 spiro atoms. The Labute approximate surface area is 98.8 Å². The number of hydrogen-bond donors (Lipinski definition) is 1. The first-order valence-corrected chi connectivity index (χ1v) is 5.31. The zero-order valence-electron chi connectivity index (χ0n) is 9.82. The maximum atomic E-state index is 11.5. The number of esters is 1. The van der Waals surface area contributed by atoms with E-state index >= 15 is 0 Å². The molecule has 0 unspecified atom stereocenters. The quantitative estimate of drug-likeness (QED) is 0.815. The van der Waals surface area contributed by atoms with Crippen molar-refractivity contribution in [2.24, 2.45) is 0 Å². The molecule has 0 radical (unpaired) electrons. The van der Waals surface area contributed by atoms with Gasteiger partial charge in [0, 0.05) is 13.5 Å². The lowest BCUT2D eigenvalue weighted by Crippen LogP contribution is -2.02. The predicted molar refractivity (Wildman–Crippen MR) is 63.0 cm³/mol. The molecule has 0 bridgehead atoms. The van der Waals surface area contributed by atoms with Crippen molar-refractivity contribution in [2.75, 3.05) is 20.8 Å². The maximum Gasteiger partial charge on any atom is 0.340 e. The molecule has 90 valence electrons. The van der Waals surface area contributed by atoms with Gasteiger partial charge in [0.1, 0.15) is 11.3 Å². The second-order valence-electron chi connectivity index (χ2n) is 3.62. The van der Waals surface area contributed by atoms with Crippen molar-refractivity contribution in [2.45, 2.75) is 6.42 Å². The summed E-state index contributed by atoms with van der Waals surface area (Å²) in [7, 11) is 3.00. The number of carbonyl (C=O) groups is 1. The van der Waals surface area contributed by atoms with Crippen LogP contribution in [0.4, 0.5) is 0 Å². The first-order valence-electron chi connectivity index (χ1n) is 5.31. The molecule has 5 nitrogen and oxygen atoms in total. The number of ether oxygens (including phenoxy) is 2. The van der Waals surface area contributed by atoms with Crippen LogP contribution < -0.4 is 0 Å². The Bertz CT molecular complexity index is 534. The third-order valence-corrected chi connectivity index (χ3v) is 2.51. The van der Waals surface area contributed by atoms with Crippen molar-refractivity contribution in [3.8, 4) is 0 Å². The fourth-order valence-electron chi connectivity index (χ4n) is 1.68. The lowest BCUT2D eigenvalue weighted by Gasteiger charge is -1.98. The number of nitrogens with one attached hydrogen (secondary N) is 1. The summed E-state index contributed by atoms with van der Waals surface area (Å²) in [6.45, 7) is 0.591. The highest BCUT2D eigenvalue weighted by molar-refractivity contribution is 6.01. The van der Waals surface area contributed by atoms with Crippen LogP contribution in [-0.2, 0) is 15.9 Å². The number of methoxy groups -OCH3 is 2. The fourth-order valence-corrected chi connectivity index (χ4v) is 1.68. The number of H-pyrrole nitrogens is 1. The van der Waals surface area contributed by atoms with Gasteiger partial charge in [0.15, 0.2) is 0 Å². The van der Waals surface area contributed by atoms with Crippen molar-refractivity contribution in [1.29, 1.82) is 0 Å². The van der Waals surface area contributed by atoms with Crippen LogP contribution in [-0.4, -0.2) is 36.8 Å². The van der Waals surface area contributed by atoms with Gasteiger partial charge in [0.2, 0.25) is 0 Å². The van der Waals surface area contributed by atoms with E-state index < -0.39 is 0 Å². The summed E-state index contributed by atoms with van der Waals surface area (Å²) >= 11 is 0. The maximum absolute atomic E-state index is 11.5. The van der Waals surface area contributed by atoms with Crippen molar-refractivity contribution < 1.29 is 14.3 Å². The highest BCUT2D eigenvalue weighted by atomic mass is 16.5. The normalized spacial score (nSPS) is 10.7. The SMILES string of the molecule is COCCc1nc2c(C(=O)OC)cccc2[nH]1. The lowest BCUT2D eigenvalue weighted by molar-refractivity contribution is 0.0603. The van der Waals surface area contributed by atoms with Gasteiger partial charge in [-0.05, 0) is 12.1 Å². The number of aromatic nitrogens is 2. The van der Waals surface area contributed by atoms with Crippen LogP contribution in [0.3, 0.4) is 0 Å². The molecule has 0 saturated carbocycles. The fraction of sp³-hybridized carbons (Fsp3) is 0.333. The number of carbonyl (C=O) groups excluding carboxylic acids is 1. The highest BCUT2D eigenvalue weighted by Crippen LogP contribution is 2.17. The molecule has 0 fully saturated rings. The van der Waals surface area contributed by atoms with Gasteiger partial charge in [-0.15, -0.1) is 0 Å². The van der Waals surface area contributed by atoms with Gasteiger partial charge in [0.05, 0.1) is 24.8 Å². The zero-order chi connectivity index (χ0) is 12.3. The van der Waals surface area contributed by atoms with E-state index in [2.05, 4.69) is 9.97 Å². The minimum atomic E-state index is -0.375. The van der Waals surface area contributed by atoms with Gasteiger partial charge in [-0.2, -0.15) is 0 Å². The molecule has 0 aliphatic rings. The monoisotopic (exact) mass is 234 g/mol. The topological polar surface area (TPSA) is 64.2 Å². The number of para-hydroxylation sites is 1. The van der Waals surface area contributed by atoms with Gasteiger partial charge in [-0.25, -0.2) is 9.78 Å². The van der Waals surface area contributed by atoms with Crippen molar-refractivity contribution in [1.82, 2.24) is 9.97 Å². The smallest absolute Gasteiger partial charge is 0.340 e. The first-order chi connectivity index (χ1) is 8.26. The third-order valence-electron chi connectivity index (χ3n) is 2.51. The summed E-state index contributed by atoms with van der Waals surface area (Å²) in [5, 5.41) is 0. The Balaban J connectivity index is 2.42. The molecular weight excluding hydrogens is 220 g/mol. The van der Waals surface area contributed by atoms with E-state index in [9.17, 15) is 4.79 Å². The van der Waals surface area contributed by atoms with E-state index in [0.717, 1.165) is 11.3 Å². The number of aromatic amines is 1. The Kier molecular flexibility index (Phi) is 3.39. The first kappa shape index (κ1) is 11.6. The van der Waals surface area contributed by atoms with Gasteiger partial charge in [0.25, 0.3) is 0 Å². The predicted octanol–water partition coefficient (Wildman–Crippen LogP) is 1.54. The van der Waals surface area contributed by atoms with E-state index in [0.29, 0.717) is 24.1 Å². The molecular formula is C12H14N2O3. The van der Waals surface area contributed by atoms with Crippen molar-refractivity contribution in [3.05, 3.63) is 29.6 Å². The molecule has 0 amide bonds. The van der Waals surface area contributed by atoms with Crippen LogP contribution in [0.5, 0.6) is 0 Å². The molecule has 1 aromatic carbocycles. The molecule has 17 heavy (non-hydrogen) atoms. The number of fused-ring (bicyclic) bond motifs is 1. The van der Waals surface area contributed by atoms with Crippen LogP contribution >= 0.6 is 0 Å². The van der Waals surface area contributed by atoms with E-state index in [1.165, 1.54) is 7.11 Å². The molecule has 2 rings (SSSR count). The molecule has 1 aromatic heterocycles. The number of nitrogens with zero attached hydrogens (tertiary/aromatic N) is 1. The highest BCUT2D eigenvalue weighted by Gasteiger charge is 2.13. The Hall–Kier alpha value is -1.88. The largest absolute Gasteiger partial charge is 0.465 e. The Morgan fingerprint density at radius 3 is 2.94 bits per heavy atom. The van der Waals surface area contributed by atoms with E-state index in [1.54, 1.807) is 19.2 Å². The molecule has 0 atom stereocenters. The van der Waals surface area contributed by atoms with Gasteiger partial charge < -0.3 is 14.5 Å². The molecule has 0 aliphatic heterocycles. The average Bonchev–Trinajstić information content (AvgIpc) is 2.77. The Morgan fingerprint density at radius 2 is 2.24 bits per heavy atom. The Morgan fingerprint density at radius 1 is 1.41 bits per heavy atom.